The summed E-state index contributed by atoms with van der Waals surface area (Å²) in [5, 5.41) is 8.95. The van der Waals surface area contributed by atoms with Crippen molar-refractivity contribution in [2.75, 3.05) is 0 Å². The summed E-state index contributed by atoms with van der Waals surface area (Å²) in [6.07, 6.45) is 2.26. The molecule has 1 rings (SSSR count). The number of carbonyl (C=O) groups excluding carboxylic acids is 1. The third-order valence-electron chi connectivity index (χ3n) is 1.65. The smallest absolute Gasteiger partial charge is 0.185 e. The zero-order valence-corrected chi connectivity index (χ0v) is 9.36. The lowest BCUT2D eigenvalue weighted by Crippen LogP contribution is -1.98. The van der Waals surface area contributed by atoms with Gasteiger partial charge in [-0.15, -0.1) is 0 Å². The lowest BCUT2D eigenvalue weighted by molar-refractivity contribution is 0.104. The molecule has 1 atom stereocenters. The topological polar surface area (TPSA) is 37.3 Å². The molecule has 74 valence electrons. The first-order chi connectivity index (χ1) is 6.59. The molecule has 14 heavy (non-hydrogen) atoms. The summed E-state index contributed by atoms with van der Waals surface area (Å²) < 4.78 is 0.938. The Morgan fingerprint density at radius 1 is 1.43 bits per heavy atom. The lowest BCUT2D eigenvalue weighted by Gasteiger charge is -1.96. The molecule has 0 saturated carbocycles. The predicted octanol–water partition coefficient (Wildman–Crippen LogP) is 2.57. The van der Waals surface area contributed by atoms with Crippen LogP contribution in [0.3, 0.4) is 0 Å². The Hall–Kier alpha value is -0.930. The van der Waals surface area contributed by atoms with Gasteiger partial charge in [0.25, 0.3) is 0 Å². The van der Waals surface area contributed by atoms with Crippen LogP contribution in [0, 0.1) is 0 Å². The van der Waals surface area contributed by atoms with Crippen molar-refractivity contribution in [1.82, 2.24) is 0 Å². The first-order valence-corrected chi connectivity index (χ1v) is 5.05. The molecular formula is C11H11BrO2. The van der Waals surface area contributed by atoms with Crippen molar-refractivity contribution in [2.45, 2.75) is 13.0 Å². The molecule has 0 amide bonds. The van der Waals surface area contributed by atoms with Gasteiger partial charge in [-0.05, 0) is 37.3 Å². The van der Waals surface area contributed by atoms with Crippen molar-refractivity contribution < 1.29 is 9.90 Å². The van der Waals surface area contributed by atoms with Gasteiger partial charge in [-0.25, -0.2) is 0 Å². The van der Waals surface area contributed by atoms with E-state index in [1.807, 2.05) is 12.1 Å². The van der Waals surface area contributed by atoms with Gasteiger partial charge in [0.15, 0.2) is 5.78 Å². The highest BCUT2D eigenvalue weighted by molar-refractivity contribution is 9.10. The highest BCUT2D eigenvalue weighted by atomic mass is 79.9. The third-order valence-corrected chi connectivity index (χ3v) is 2.18. The molecular weight excluding hydrogens is 244 g/mol. The van der Waals surface area contributed by atoms with Crippen molar-refractivity contribution in [1.29, 1.82) is 0 Å². The maximum Gasteiger partial charge on any atom is 0.185 e. The van der Waals surface area contributed by atoms with E-state index in [1.54, 1.807) is 19.1 Å². The van der Waals surface area contributed by atoms with Crippen LogP contribution in [0.15, 0.2) is 40.9 Å². The molecule has 0 aliphatic heterocycles. The molecule has 0 aromatic heterocycles. The minimum absolute atomic E-state index is 0.0987. The molecule has 0 saturated heterocycles. The number of ketones is 1. The SMILES string of the molecule is C[C@H](O)/C=C/C(=O)c1ccc(Br)cc1. The molecule has 0 spiro atoms. The van der Waals surface area contributed by atoms with Gasteiger partial charge in [0.05, 0.1) is 6.10 Å². The number of benzene rings is 1. The van der Waals surface area contributed by atoms with Crippen LogP contribution in [0.4, 0.5) is 0 Å². The van der Waals surface area contributed by atoms with Crippen LogP contribution in [0.1, 0.15) is 17.3 Å². The number of halogens is 1. The highest BCUT2D eigenvalue weighted by Crippen LogP contribution is 2.11. The summed E-state index contributed by atoms with van der Waals surface area (Å²) in [5.74, 6) is -0.0987. The fourth-order valence-corrected chi connectivity index (χ4v) is 1.20. The molecule has 0 aliphatic carbocycles. The van der Waals surface area contributed by atoms with Gasteiger partial charge in [0.2, 0.25) is 0 Å². The van der Waals surface area contributed by atoms with Crippen LogP contribution in [0.2, 0.25) is 0 Å². The fraction of sp³-hybridized carbons (Fsp3) is 0.182. The number of aliphatic hydroxyl groups is 1. The van der Waals surface area contributed by atoms with E-state index in [0.29, 0.717) is 5.56 Å². The summed E-state index contributed by atoms with van der Waals surface area (Å²) >= 11 is 3.29. The number of rotatable bonds is 3. The van der Waals surface area contributed by atoms with Crippen molar-refractivity contribution in [3.8, 4) is 0 Å². The zero-order chi connectivity index (χ0) is 10.6. The first kappa shape index (κ1) is 11.1. The van der Waals surface area contributed by atoms with Gasteiger partial charge in [-0.1, -0.05) is 22.0 Å². The van der Waals surface area contributed by atoms with E-state index in [0.717, 1.165) is 4.47 Å². The van der Waals surface area contributed by atoms with E-state index < -0.39 is 6.10 Å². The third kappa shape index (κ3) is 3.44. The summed E-state index contributed by atoms with van der Waals surface area (Å²) in [4.78, 5) is 11.4. The van der Waals surface area contributed by atoms with Crippen LogP contribution in [-0.4, -0.2) is 17.0 Å². The Kier molecular flexibility index (Phi) is 4.04. The van der Waals surface area contributed by atoms with E-state index in [-0.39, 0.29) is 5.78 Å². The van der Waals surface area contributed by atoms with Crippen LogP contribution in [-0.2, 0) is 0 Å². The van der Waals surface area contributed by atoms with E-state index in [2.05, 4.69) is 15.9 Å². The molecule has 1 aromatic rings. The average Bonchev–Trinajstić information content (AvgIpc) is 2.15. The number of aliphatic hydroxyl groups excluding tert-OH is 1. The molecule has 2 nitrogen and oxygen atoms in total. The summed E-state index contributed by atoms with van der Waals surface area (Å²) in [6, 6.07) is 7.09. The Morgan fingerprint density at radius 2 is 2.00 bits per heavy atom. The van der Waals surface area contributed by atoms with Gasteiger partial charge in [0.1, 0.15) is 0 Å². The van der Waals surface area contributed by atoms with Gasteiger partial charge < -0.3 is 5.11 Å². The Morgan fingerprint density at radius 3 is 2.50 bits per heavy atom. The average molecular weight is 255 g/mol. The van der Waals surface area contributed by atoms with Crippen molar-refractivity contribution in [2.24, 2.45) is 0 Å². The second-order valence-electron chi connectivity index (χ2n) is 2.97. The summed E-state index contributed by atoms with van der Waals surface area (Å²) in [7, 11) is 0. The van der Waals surface area contributed by atoms with E-state index in [1.165, 1.54) is 12.2 Å². The summed E-state index contributed by atoms with van der Waals surface area (Å²) in [5.41, 5.74) is 0.616. The van der Waals surface area contributed by atoms with Gasteiger partial charge >= 0.3 is 0 Å². The van der Waals surface area contributed by atoms with E-state index >= 15 is 0 Å². The number of hydrogen-bond donors (Lipinski definition) is 1. The fourth-order valence-electron chi connectivity index (χ4n) is 0.937. The normalized spacial score (nSPS) is 13.1. The molecule has 0 fully saturated rings. The second kappa shape index (κ2) is 5.08. The Bertz CT molecular complexity index is 339. The maximum atomic E-state index is 11.4. The molecule has 0 unspecified atom stereocenters. The number of allylic oxidation sites excluding steroid dienone is 1. The minimum Gasteiger partial charge on any atom is -0.389 e. The molecule has 0 bridgehead atoms. The van der Waals surface area contributed by atoms with E-state index in [9.17, 15) is 4.79 Å². The second-order valence-corrected chi connectivity index (χ2v) is 3.89. The predicted molar refractivity (Wildman–Crippen MR) is 59.3 cm³/mol. The Labute approximate surface area is 91.4 Å². The van der Waals surface area contributed by atoms with Crippen LogP contribution in [0.25, 0.3) is 0 Å². The van der Waals surface area contributed by atoms with E-state index in [4.69, 9.17) is 5.11 Å². The maximum absolute atomic E-state index is 11.4. The van der Waals surface area contributed by atoms with Gasteiger partial charge in [0, 0.05) is 10.0 Å². The van der Waals surface area contributed by atoms with Gasteiger partial charge in [-0.3, -0.25) is 4.79 Å². The summed E-state index contributed by atoms with van der Waals surface area (Å²) in [6.45, 7) is 1.60. The molecule has 0 heterocycles. The minimum atomic E-state index is -0.589. The lowest BCUT2D eigenvalue weighted by atomic mass is 10.1. The van der Waals surface area contributed by atoms with Crippen molar-refractivity contribution in [3.05, 3.63) is 46.5 Å². The largest absolute Gasteiger partial charge is 0.389 e. The standard InChI is InChI=1S/C11H11BrO2/c1-8(13)2-7-11(14)9-3-5-10(12)6-4-9/h2-8,13H,1H3/b7-2+/t8-/m0/s1. The van der Waals surface area contributed by atoms with Crippen LogP contribution < -0.4 is 0 Å². The van der Waals surface area contributed by atoms with Crippen LogP contribution in [0.5, 0.6) is 0 Å². The van der Waals surface area contributed by atoms with Crippen molar-refractivity contribution >= 4 is 21.7 Å². The highest BCUT2D eigenvalue weighted by Gasteiger charge is 2.00. The molecule has 1 N–H and O–H groups in total. The Balaban J connectivity index is 2.75. The first-order valence-electron chi connectivity index (χ1n) is 4.26. The molecule has 3 heteroatoms. The zero-order valence-electron chi connectivity index (χ0n) is 7.77. The molecule has 0 aliphatic rings. The molecule has 0 radical (unpaired) electrons. The number of hydrogen-bond acceptors (Lipinski definition) is 2. The monoisotopic (exact) mass is 254 g/mol. The quantitative estimate of drug-likeness (QED) is 0.665. The molecule has 1 aromatic carbocycles. The number of carbonyl (C=O) groups is 1. The van der Waals surface area contributed by atoms with Crippen LogP contribution >= 0.6 is 15.9 Å². The van der Waals surface area contributed by atoms with Crippen molar-refractivity contribution in [3.63, 3.8) is 0 Å². The van der Waals surface area contributed by atoms with Gasteiger partial charge in [-0.2, -0.15) is 0 Å².